The van der Waals surface area contributed by atoms with Gasteiger partial charge in [0.15, 0.2) is 6.10 Å². The zero-order chi connectivity index (χ0) is 34.4. The van der Waals surface area contributed by atoms with E-state index in [1.165, 1.54) is 83.5 Å². The van der Waals surface area contributed by atoms with Crippen molar-refractivity contribution in [3.8, 4) is 0 Å². The SMILES string of the molecule is CCCCCCCCCCCCCCCC(=O)O[C@H](COC(=O)CCCCCCC/C=C\CC1OC1CCCCC)COP(=O)(O)O. The van der Waals surface area contributed by atoms with E-state index in [0.29, 0.717) is 25.0 Å². The number of unbranched alkanes of at least 4 members (excludes halogenated alkanes) is 19. The third-order valence-electron chi connectivity index (χ3n) is 8.71. The number of ether oxygens (including phenoxy) is 3. The van der Waals surface area contributed by atoms with E-state index in [2.05, 4.69) is 30.5 Å². The van der Waals surface area contributed by atoms with E-state index in [4.69, 9.17) is 24.0 Å². The standard InChI is InChI=1S/C37H69O9P/c1-3-5-7-8-9-10-11-12-13-14-19-22-26-30-37(39)45-33(32-44-47(40,41)42)31-43-36(38)29-25-21-18-16-15-17-20-24-28-35-34(46-35)27-23-6-4-2/h20,24,33-35H,3-19,21-23,25-32H2,1-2H3,(H2,40,41,42)/b24-20-/t33-,34?,35?/m1/s1. The molecule has 0 bridgehead atoms. The molecule has 2 unspecified atom stereocenters. The molecule has 276 valence electrons. The van der Waals surface area contributed by atoms with Gasteiger partial charge in [0.1, 0.15) is 6.61 Å². The number of carbonyl (C=O) groups excluding carboxylic acids is 2. The van der Waals surface area contributed by atoms with E-state index < -0.39 is 32.5 Å². The summed E-state index contributed by atoms with van der Waals surface area (Å²) in [4.78, 5) is 42.7. The monoisotopic (exact) mass is 688 g/mol. The summed E-state index contributed by atoms with van der Waals surface area (Å²) in [6.07, 6.45) is 32.4. The second-order valence-electron chi connectivity index (χ2n) is 13.3. The molecule has 1 fully saturated rings. The average Bonchev–Trinajstić information content (AvgIpc) is 3.79. The zero-order valence-corrected chi connectivity index (χ0v) is 30.8. The number of esters is 2. The Balaban J connectivity index is 2.08. The largest absolute Gasteiger partial charge is 0.469 e. The number of carbonyl (C=O) groups is 2. The number of rotatable bonds is 34. The third-order valence-corrected chi connectivity index (χ3v) is 9.19. The zero-order valence-electron chi connectivity index (χ0n) is 29.9. The summed E-state index contributed by atoms with van der Waals surface area (Å²) in [5, 5.41) is 0. The summed E-state index contributed by atoms with van der Waals surface area (Å²) in [6.45, 7) is 3.63. The second-order valence-corrected chi connectivity index (χ2v) is 14.5. The minimum Gasteiger partial charge on any atom is -0.462 e. The summed E-state index contributed by atoms with van der Waals surface area (Å²) in [7, 11) is -4.75. The van der Waals surface area contributed by atoms with E-state index >= 15 is 0 Å². The first kappa shape index (κ1) is 43.8. The molecule has 0 aromatic rings. The van der Waals surface area contributed by atoms with Crippen LogP contribution in [0.15, 0.2) is 12.2 Å². The Labute approximate surface area is 286 Å². The highest BCUT2D eigenvalue weighted by Gasteiger charge is 2.36. The maximum Gasteiger partial charge on any atom is 0.469 e. The van der Waals surface area contributed by atoms with Gasteiger partial charge in [-0.3, -0.25) is 14.1 Å². The molecule has 0 aromatic carbocycles. The van der Waals surface area contributed by atoms with Gasteiger partial charge in [0.2, 0.25) is 0 Å². The molecule has 1 saturated heterocycles. The number of hydrogen-bond donors (Lipinski definition) is 2. The van der Waals surface area contributed by atoms with Crippen LogP contribution in [0.5, 0.6) is 0 Å². The molecule has 10 heteroatoms. The molecular weight excluding hydrogens is 619 g/mol. The number of hydrogen-bond acceptors (Lipinski definition) is 7. The number of allylic oxidation sites excluding steroid dienone is 1. The predicted octanol–water partition coefficient (Wildman–Crippen LogP) is 10.1. The third kappa shape index (κ3) is 29.4. The fraction of sp³-hybridized carbons (Fsp3) is 0.892. The topological polar surface area (TPSA) is 132 Å². The maximum atomic E-state index is 12.3. The molecule has 0 aromatic heterocycles. The molecule has 0 amide bonds. The van der Waals surface area contributed by atoms with E-state index in [-0.39, 0.29) is 19.4 Å². The Morgan fingerprint density at radius 1 is 0.660 bits per heavy atom. The van der Waals surface area contributed by atoms with Crippen LogP contribution in [0.2, 0.25) is 0 Å². The number of epoxide rings is 1. The van der Waals surface area contributed by atoms with Crippen LogP contribution in [-0.4, -0.2) is 53.3 Å². The Hall–Kier alpha value is -1.25. The van der Waals surface area contributed by atoms with Gasteiger partial charge in [-0.15, -0.1) is 0 Å². The molecule has 1 aliphatic heterocycles. The highest BCUT2D eigenvalue weighted by atomic mass is 31.2. The van der Waals surface area contributed by atoms with Gasteiger partial charge in [-0.05, 0) is 38.5 Å². The van der Waals surface area contributed by atoms with E-state index in [1.54, 1.807) is 0 Å². The lowest BCUT2D eigenvalue weighted by Crippen LogP contribution is -2.29. The van der Waals surface area contributed by atoms with Crippen LogP contribution in [0.4, 0.5) is 0 Å². The van der Waals surface area contributed by atoms with Crippen molar-refractivity contribution < 1.29 is 42.7 Å². The fourth-order valence-electron chi connectivity index (χ4n) is 5.73. The van der Waals surface area contributed by atoms with Crippen molar-refractivity contribution in [2.24, 2.45) is 0 Å². The molecule has 0 radical (unpaired) electrons. The minimum absolute atomic E-state index is 0.211. The van der Waals surface area contributed by atoms with Crippen LogP contribution in [0.25, 0.3) is 0 Å². The first-order valence-electron chi connectivity index (χ1n) is 19.1. The van der Waals surface area contributed by atoms with Gasteiger partial charge in [0.25, 0.3) is 0 Å². The van der Waals surface area contributed by atoms with E-state index in [0.717, 1.165) is 57.8 Å². The maximum absolute atomic E-state index is 12.3. The van der Waals surface area contributed by atoms with Gasteiger partial charge >= 0.3 is 19.8 Å². The average molecular weight is 689 g/mol. The lowest BCUT2D eigenvalue weighted by atomic mass is 10.0. The van der Waals surface area contributed by atoms with Gasteiger partial charge in [0, 0.05) is 12.8 Å². The molecule has 0 spiro atoms. The highest BCUT2D eigenvalue weighted by molar-refractivity contribution is 7.46. The van der Waals surface area contributed by atoms with Crippen LogP contribution in [0.3, 0.4) is 0 Å². The van der Waals surface area contributed by atoms with Gasteiger partial charge < -0.3 is 24.0 Å². The van der Waals surface area contributed by atoms with Crippen LogP contribution in [0, 0.1) is 0 Å². The number of phosphoric ester groups is 1. The molecule has 1 rings (SSSR count). The molecule has 3 atom stereocenters. The minimum atomic E-state index is -4.75. The molecule has 0 aliphatic carbocycles. The normalized spacial score (nSPS) is 16.9. The van der Waals surface area contributed by atoms with Crippen LogP contribution < -0.4 is 0 Å². The molecule has 1 aliphatic rings. The quantitative estimate of drug-likeness (QED) is 0.0223. The first-order chi connectivity index (χ1) is 22.7. The van der Waals surface area contributed by atoms with Crippen molar-refractivity contribution in [3.63, 3.8) is 0 Å². The summed E-state index contributed by atoms with van der Waals surface area (Å²) in [6, 6.07) is 0. The molecule has 47 heavy (non-hydrogen) atoms. The van der Waals surface area contributed by atoms with E-state index in [1.807, 2.05) is 0 Å². The molecule has 2 N–H and O–H groups in total. The van der Waals surface area contributed by atoms with Crippen LogP contribution >= 0.6 is 7.82 Å². The summed E-state index contributed by atoms with van der Waals surface area (Å²) in [5.74, 6) is -0.900. The van der Waals surface area contributed by atoms with Crippen LogP contribution in [0.1, 0.15) is 181 Å². The highest BCUT2D eigenvalue weighted by Crippen LogP contribution is 2.36. The molecule has 9 nitrogen and oxygen atoms in total. The lowest BCUT2D eigenvalue weighted by Gasteiger charge is -2.18. The van der Waals surface area contributed by atoms with Crippen molar-refractivity contribution in [1.82, 2.24) is 0 Å². The van der Waals surface area contributed by atoms with E-state index in [9.17, 15) is 14.2 Å². The van der Waals surface area contributed by atoms with Gasteiger partial charge in [-0.1, -0.05) is 142 Å². The predicted molar refractivity (Wildman–Crippen MR) is 188 cm³/mol. The van der Waals surface area contributed by atoms with Crippen molar-refractivity contribution >= 4 is 19.8 Å². The van der Waals surface area contributed by atoms with Crippen molar-refractivity contribution in [2.75, 3.05) is 13.2 Å². The smallest absolute Gasteiger partial charge is 0.462 e. The second kappa shape index (κ2) is 29.6. The van der Waals surface area contributed by atoms with Crippen molar-refractivity contribution in [1.29, 1.82) is 0 Å². The van der Waals surface area contributed by atoms with Crippen LogP contribution in [-0.2, 0) is 32.9 Å². The number of phosphoric acid groups is 1. The Kier molecular flexibility index (Phi) is 27.6. The summed E-state index contributed by atoms with van der Waals surface area (Å²) in [5.41, 5.74) is 0. The van der Waals surface area contributed by atoms with Crippen molar-refractivity contribution in [3.05, 3.63) is 12.2 Å². The summed E-state index contributed by atoms with van der Waals surface area (Å²) >= 11 is 0. The Bertz CT molecular complexity index is 844. The summed E-state index contributed by atoms with van der Waals surface area (Å²) < 4.78 is 32.0. The molecule has 1 heterocycles. The van der Waals surface area contributed by atoms with Gasteiger partial charge in [-0.2, -0.15) is 0 Å². The van der Waals surface area contributed by atoms with Gasteiger partial charge in [0.05, 0.1) is 18.8 Å². The fourth-order valence-corrected chi connectivity index (χ4v) is 6.09. The Morgan fingerprint density at radius 3 is 1.74 bits per heavy atom. The Morgan fingerprint density at radius 2 is 1.17 bits per heavy atom. The molecule has 0 saturated carbocycles. The van der Waals surface area contributed by atoms with Crippen molar-refractivity contribution in [2.45, 2.75) is 199 Å². The lowest BCUT2D eigenvalue weighted by molar-refractivity contribution is -0.161. The molecular formula is C37H69O9P. The van der Waals surface area contributed by atoms with Gasteiger partial charge in [-0.25, -0.2) is 4.57 Å². The first-order valence-corrected chi connectivity index (χ1v) is 20.6.